The molecular formula is C23H24FN5O3S. The molecule has 172 valence electrons. The first-order valence-corrected chi connectivity index (χ1v) is 11.4. The lowest BCUT2D eigenvalue weighted by Crippen LogP contribution is -2.48. The van der Waals surface area contributed by atoms with Crippen LogP contribution in [0.4, 0.5) is 10.1 Å². The van der Waals surface area contributed by atoms with Crippen LogP contribution in [0, 0.1) is 5.82 Å². The number of fused-ring (bicyclic) bond motifs is 1. The maximum Gasteiger partial charge on any atom is 0.230 e. The van der Waals surface area contributed by atoms with Crippen molar-refractivity contribution in [3.63, 3.8) is 0 Å². The largest absolute Gasteiger partial charge is 0.493 e. The second-order valence-corrected chi connectivity index (χ2v) is 8.74. The van der Waals surface area contributed by atoms with E-state index in [1.807, 2.05) is 30.3 Å². The number of rotatable bonds is 6. The van der Waals surface area contributed by atoms with E-state index in [0.29, 0.717) is 48.3 Å². The summed E-state index contributed by atoms with van der Waals surface area (Å²) < 4.78 is 26.7. The van der Waals surface area contributed by atoms with E-state index >= 15 is 0 Å². The van der Waals surface area contributed by atoms with E-state index in [1.54, 1.807) is 20.3 Å². The number of hydrogen-bond acceptors (Lipinski definition) is 8. The molecule has 2 aromatic carbocycles. The zero-order chi connectivity index (χ0) is 22.9. The number of methoxy groups -OCH3 is 2. The van der Waals surface area contributed by atoms with Gasteiger partial charge in [-0.15, -0.1) is 0 Å². The maximum absolute atomic E-state index is 14.3. The Balaban J connectivity index is 1.50. The Morgan fingerprint density at radius 1 is 1.03 bits per heavy atom. The van der Waals surface area contributed by atoms with Gasteiger partial charge in [0.15, 0.2) is 11.5 Å². The molecule has 0 spiro atoms. The maximum atomic E-state index is 14.3. The van der Waals surface area contributed by atoms with Crippen molar-refractivity contribution < 1.29 is 19.0 Å². The summed E-state index contributed by atoms with van der Waals surface area (Å²) in [5, 5.41) is 15.1. The fourth-order valence-corrected chi connectivity index (χ4v) is 5.44. The zero-order valence-electron chi connectivity index (χ0n) is 18.3. The Kier molecular flexibility index (Phi) is 5.77. The quantitative estimate of drug-likeness (QED) is 0.463. The summed E-state index contributed by atoms with van der Waals surface area (Å²) in [7, 11) is 3.20. The minimum atomic E-state index is -0.249. The summed E-state index contributed by atoms with van der Waals surface area (Å²) in [6, 6.07) is 12.4. The Morgan fingerprint density at radius 2 is 1.79 bits per heavy atom. The molecule has 0 radical (unpaired) electrons. The lowest BCUT2D eigenvalue weighted by molar-refractivity contribution is 0.210. The van der Waals surface area contributed by atoms with Gasteiger partial charge in [-0.25, -0.2) is 9.37 Å². The molecule has 1 N–H and O–H groups in total. The van der Waals surface area contributed by atoms with Crippen LogP contribution < -0.4 is 14.4 Å². The molecule has 0 saturated carbocycles. The summed E-state index contributed by atoms with van der Waals surface area (Å²) in [5.41, 5.74) is 1.56. The predicted molar refractivity (Wildman–Crippen MR) is 124 cm³/mol. The molecule has 3 heterocycles. The van der Waals surface area contributed by atoms with Crippen molar-refractivity contribution in [3.8, 4) is 17.4 Å². The van der Waals surface area contributed by atoms with Crippen molar-refractivity contribution >= 4 is 22.0 Å². The molecule has 1 saturated heterocycles. The fourth-order valence-electron chi connectivity index (χ4n) is 4.35. The van der Waals surface area contributed by atoms with Crippen LogP contribution in [0.2, 0.25) is 0 Å². The molecule has 0 amide bonds. The first-order chi connectivity index (χ1) is 16.1. The molecule has 5 rings (SSSR count). The smallest absolute Gasteiger partial charge is 0.230 e. The summed E-state index contributed by atoms with van der Waals surface area (Å²) in [6.45, 7) is 2.68. The summed E-state index contributed by atoms with van der Waals surface area (Å²) in [6.07, 6.45) is 1.42. The number of ether oxygens (including phenoxy) is 2. The highest BCUT2D eigenvalue weighted by Gasteiger charge is 2.32. The molecule has 0 aliphatic carbocycles. The van der Waals surface area contributed by atoms with Crippen LogP contribution in [0.15, 0.2) is 48.8 Å². The van der Waals surface area contributed by atoms with Gasteiger partial charge in [0.25, 0.3) is 0 Å². The number of aromatic nitrogens is 3. The van der Waals surface area contributed by atoms with Crippen LogP contribution >= 0.6 is 11.3 Å². The van der Waals surface area contributed by atoms with Gasteiger partial charge in [0.2, 0.25) is 10.8 Å². The van der Waals surface area contributed by atoms with Crippen molar-refractivity contribution in [2.24, 2.45) is 0 Å². The lowest BCUT2D eigenvalue weighted by atomic mass is 10.0. The second kappa shape index (κ2) is 8.87. The molecule has 1 aliphatic heterocycles. The molecule has 2 aromatic heterocycles. The van der Waals surface area contributed by atoms with Crippen LogP contribution in [-0.4, -0.2) is 65.0 Å². The molecule has 33 heavy (non-hydrogen) atoms. The number of piperazine rings is 1. The average molecular weight is 470 g/mol. The van der Waals surface area contributed by atoms with E-state index in [2.05, 4.69) is 19.9 Å². The van der Waals surface area contributed by atoms with Gasteiger partial charge in [0.1, 0.15) is 12.1 Å². The van der Waals surface area contributed by atoms with Crippen LogP contribution in [-0.2, 0) is 0 Å². The Labute approximate surface area is 194 Å². The van der Waals surface area contributed by atoms with Gasteiger partial charge in [-0.1, -0.05) is 29.5 Å². The van der Waals surface area contributed by atoms with E-state index < -0.39 is 0 Å². The monoisotopic (exact) mass is 469 g/mol. The van der Waals surface area contributed by atoms with Gasteiger partial charge in [-0.2, -0.15) is 9.61 Å². The number of nitrogens with zero attached hydrogens (tertiary/aromatic N) is 5. The highest BCUT2D eigenvalue weighted by molar-refractivity contribution is 7.17. The third-order valence-corrected chi connectivity index (χ3v) is 7.07. The van der Waals surface area contributed by atoms with Gasteiger partial charge in [-0.3, -0.25) is 4.90 Å². The zero-order valence-corrected chi connectivity index (χ0v) is 19.1. The Bertz CT molecular complexity index is 1270. The molecule has 1 fully saturated rings. The van der Waals surface area contributed by atoms with E-state index in [9.17, 15) is 9.50 Å². The topological polar surface area (TPSA) is 75.4 Å². The Hall–Kier alpha value is -3.37. The third kappa shape index (κ3) is 3.85. The van der Waals surface area contributed by atoms with Crippen molar-refractivity contribution in [2.75, 3.05) is 45.3 Å². The van der Waals surface area contributed by atoms with Crippen LogP contribution in [0.25, 0.3) is 4.96 Å². The summed E-state index contributed by atoms with van der Waals surface area (Å²) >= 11 is 1.40. The van der Waals surface area contributed by atoms with E-state index in [4.69, 9.17) is 9.47 Å². The highest BCUT2D eigenvalue weighted by atomic mass is 32.1. The molecule has 1 atom stereocenters. The van der Waals surface area contributed by atoms with Gasteiger partial charge in [0.05, 0.1) is 30.8 Å². The van der Waals surface area contributed by atoms with E-state index in [0.717, 1.165) is 10.4 Å². The molecular weight excluding hydrogens is 445 g/mol. The fraction of sp³-hybridized carbons (Fsp3) is 0.304. The van der Waals surface area contributed by atoms with Crippen molar-refractivity contribution in [1.82, 2.24) is 19.5 Å². The number of para-hydroxylation sites is 1. The number of halogens is 1. The van der Waals surface area contributed by atoms with Crippen molar-refractivity contribution in [3.05, 3.63) is 65.0 Å². The number of anilines is 1. The molecule has 0 bridgehead atoms. The normalized spacial score (nSPS) is 15.7. The van der Waals surface area contributed by atoms with Gasteiger partial charge in [0, 0.05) is 26.2 Å². The van der Waals surface area contributed by atoms with Crippen LogP contribution in [0.1, 0.15) is 16.5 Å². The van der Waals surface area contributed by atoms with E-state index in [1.165, 1.54) is 28.2 Å². The third-order valence-electron chi connectivity index (χ3n) is 5.98. The lowest BCUT2D eigenvalue weighted by Gasteiger charge is -2.40. The average Bonchev–Trinajstić information content (AvgIpc) is 3.43. The molecule has 8 nitrogen and oxygen atoms in total. The van der Waals surface area contributed by atoms with Gasteiger partial charge in [-0.05, 0) is 29.8 Å². The Morgan fingerprint density at radius 3 is 2.48 bits per heavy atom. The molecule has 4 aromatic rings. The second-order valence-electron chi connectivity index (χ2n) is 7.74. The predicted octanol–water partition coefficient (Wildman–Crippen LogP) is 3.56. The van der Waals surface area contributed by atoms with E-state index in [-0.39, 0.29) is 17.7 Å². The molecule has 0 unspecified atom stereocenters. The highest BCUT2D eigenvalue weighted by Crippen LogP contribution is 2.42. The summed E-state index contributed by atoms with van der Waals surface area (Å²) in [4.78, 5) is 9.95. The molecule has 1 aliphatic rings. The van der Waals surface area contributed by atoms with Crippen LogP contribution in [0.5, 0.6) is 17.4 Å². The SMILES string of the molecule is COc1ccc([C@H](c2sc3ncnn3c2O)N2CCN(c3ccccc3F)CC2)cc1OC. The van der Waals surface area contributed by atoms with Crippen LogP contribution in [0.3, 0.4) is 0 Å². The first-order valence-electron chi connectivity index (χ1n) is 10.6. The number of aromatic hydroxyl groups is 1. The van der Waals surface area contributed by atoms with Gasteiger partial charge >= 0.3 is 0 Å². The first kappa shape index (κ1) is 21.5. The van der Waals surface area contributed by atoms with Crippen molar-refractivity contribution in [2.45, 2.75) is 6.04 Å². The standard InChI is InChI=1S/C23H24FN5O3S/c1-31-18-8-7-15(13-19(18)32-2)20(21-22(30)29-23(33-21)25-14-26-29)28-11-9-27(10-12-28)17-6-4-3-5-16(17)24/h3-8,13-14,20,30H,9-12H2,1-2H3/t20-/m1/s1. The number of thiazole rings is 1. The number of hydrogen-bond donors (Lipinski definition) is 1. The minimum absolute atomic E-state index is 0.0730. The number of benzene rings is 2. The van der Waals surface area contributed by atoms with Gasteiger partial charge < -0.3 is 19.5 Å². The molecule has 10 heteroatoms. The summed E-state index contributed by atoms with van der Waals surface area (Å²) in [5.74, 6) is 1.11. The van der Waals surface area contributed by atoms with Crippen molar-refractivity contribution in [1.29, 1.82) is 0 Å². The minimum Gasteiger partial charge on any atom is -0.493 e.